The number of benzene rings is 2. The summed E-state index contributed by atoms with van der Waals surface area (Å²) in [5, 5.41) is 44.6. The fourth-order valence-corrected chi connectivity index (χ4v) is 7.02. The molecule has 0 saturated carbocycles. The largest absolute Gasteiger partial charge is 0.511 e. The molecule has 4 N–H and O–H groups in total. The lowest BCUT2D eigenvalue weighted by atomic mass is 9.48. The van der Waals surface area contributed by atoms with Crippen LogP contribution < -0.4 is 0 Å². The monoisotopic (exact) mass is 502 g/mol. The second kappa shape index (κ2) is 7.65. The van der Waals surface area contributed by atoms with Crippen LogP contribution in [0.15, 0.2) is 53.0 Å². The van der Waals surface area contributed by atoms with Crippen LogP contribution in [-0.2, 0) is 16.0 Å². The third-order valence-electron chi connectivity index (χ3n) is 8.57. The van der Waals surface area contributed by atoms with Gasteiger partial charge in [0.2, 0.25) is 5.78 Å². The molecular weight excluding hydrogens is 472 g/mol. The van der Waals surface area contributed by atoms with Gasteiger partial charge in [0, 0.05) is 22.8 Å². The van der Waals surface area contributed by atoms with Gasteiger partial charge in [0.1, 0.15) is 22.8 Å². The maximum absolute atomic E-state index is 14.0. The zero-order valence-corrected chi connectivity index (χ0v) is 21.5. The van der Waals surface area contributed by atoms with Gasteiger partial charge in [-0.3, -0.25) is 14.4 Å². The summed E-state index contributed by atoms with van der Waals surface area (Å²) in [5.41, 5.74) is -1.26. The number of ketones is 3. The van der Waals surface area contributed by atoms with Gasteiger partial charge in [-0.05, 0) is 61.9 Å². The second-order valence-electron chi connectivity index (χ2n) is 11.4. The van der Waals surface area contributed by atoms with E-state index in [9.17, 15) is 34.8 Å². The average Bonchev–Trinajstić information content (AvgIpc) is 2.76. The highest BCUT2D eigenvalue weighted by Crippen LogP contribution is 2.62. The summed E-state index contributed by atoms with van der Waals surface area (Å²) >= 11 is 0. The van der Waals surface area contributed by atoms with Crippen molar-refractivity contribution in [3.8, 4) is 16.9 Å². The quantitative estimate of drug-likeness (QED) is 0.436. The molecule has 0 aromatic heterocycles. The van der Waals surface area contributed by atoms with Crippen LogP contribution in [0.1, 0.15) is 60.7 Å². The molecule has 37 heavy (non-hydrogen) atoms. The zero-order valence-electron chi connectivity index (χ0n) is 21.5. The molecule has 0 aliphatic heterocycles. The molecule has 0 amide bonds. The number of fused-ring (bicyclic) bond motifs is 3. The van der Waals surface area contributed by atoms with E-state index in [4.69, 9.17) is 0 Å². The number of aliphatic hydroxyl groups is 3. The predicted molar refractivity (Wildman–Crippen MR) is 136 cm³/mol. The van der Waals surface area contributed by atoms with E-state index in [0.29, 0.717) is 5.56 Å². The number of hydrogen-bond acceptors (Lipinski definition) is 7. The Balaban J connectivity index is 1.78. The molecule has 7 nitrogen and oxygen atoms in total. The van der Waals surface area contributed by atoms with E-state index in [2.05, 4.69) is 0 Å². The Kier molecular flexibility index (Phi) is 5.16. The van der Waals surface area contributed by atoms with Gasteiger partial charge in [-0.25, -0.2) is 0 Å². The number of phenols is 1. The summed E-state index contributed by atoms with van der Waals surface area (Å²) < 4.78 is 0. The molecule has 0 unspecified atom stereocenters. The Morgan fingerprint density at radius 3 is 2.22 bits per heavy atom. The molecule has 0 fully saturated rings. The summed E-state index contributed by atoms with van der Waals surface area (Å²) in [4.78, 5) is 39.5. The molecular formula is C30H30O7. The highest BCUT2D eigenvalue weighted by atomic mass is 16.3. The number of hydrogen-bond donors (Lipinski definition) is 4. The number of aliphatic hydroxyl groups excluding tert-OH is 2. The van der Waals surface area contributed by atoms with Crippen molar-refractivity contribution in [2.45, 2.75) is 59.5 Å². The molecule has 2 aromatic carbocycles. The molecule has 3 aliphatic carbocycles. The van der Waals surface area contributed by atoms with Gasteiger partial charge < -0.3 is 20.4 Å². The van der Waals surface area contributed by atoms with Crippen LogP contribution in [0.4, 0.5) is 0 Å². The summed E-state index contributed by atoms with van der Waals surface area (Å²) in [6.07, 6.45) is 0.0978. The number of allylic oxidation sites excluding steroid dienone is 2. The molecule has 5 rings (SSSR count). The van der Waals surface area contributed by atoms with E-state index in [1.165, 1.54) is 6.07 Å². The standard InChI is InChI=1S/C30H30O7/c1-14-6-7-17(15(2)10-14)18-8-9-20(32)23-19(18)11-28(4)13-29(5)12-21(33)22(16(3)31)26(35)30(29,37)27(36)24(28)25(23)34/h6-10,32-33,36-37H,11-13H2,1-5H3/t28-,29+,30+/m1/s1. The topological polar surface area (TPSA) is 132 Å². The van der Waals surface area contributed by atoms with Gasteiger partial charge in [-0.15, -0.1) is 0 Å². The average molecular weight is 503 g/mol. The number of rotatable bonds is 2. The predicted octanol–water partition coefficient (Wildman–Crippen LogP) is 4.75. The first-order valence-electron chi connectivity index (χ1n) is 12.3. The number of carbonyl (C=O) groups is 3. The summed E-state index contributed by atoms with van der Waals surface area (Å²) in [6, 6.07) is 9.20. The number of carbonyl (C=O) groups excluding carboxylic acids is 3. The van der Waals surface area contributed by atoms with E-state index in [-0.39, 0.29) is 36.1 Å². The van der Waals surface area contributed by atoms with Crippen LogP contribution >= 0.6 is 0 Å². The third-order valence-corrected chi connectivity index (χ3v) is 8.57. The molecule has 192 valence electrons. The van der Waals surface area contributed by atoms with Crippen molar-refractivity contribution in [2.24, 2.45) is 10.8 Å². The van der Waals surface area contributed by atoms with Gasteiger partial charge in [0.05, 0.1) is 5.56 Å². The van der Waals surface area contributed by atoms with E-state index < -0.39 is 50.9 Å². The van der Waals surface area contributed by atoms with Crippen molar-refractivity contribution in [1.29, 1.82) is 0 Å². The summed E-state index contributed by atoms with van der Waals surface area (Å²) in [7, 11) is 0. The van der Waals surface area contributed by atoms with Gasteiger partial charge in [-0.1, -0.05) is 43.7 Å². The van der Waals surface area contributed by atoms with Crippen LogP contribution in [0.25, 0.3) is 11.1 Å². The minimum Gasteiger partial charge on any atom is -0.511 e. The van der Waals surface area contributed by atoms with Gasteiger partial charge in [0.25, 0.3) is 0 Å². The van der Waals surface area contributed by atoms with Crippen molar-refractivity contribution in [2.75, 3.05) is 0 Å². The Hall–Kier alpha value is -3.71. The Morgan fingerprint density at radius 2 is 1.59 bits per heavy atom. The highest BCUT2D eigenvalue weighted by Gasteiger charge is 2.67. The first-order chi connectivity index (χ1) is 17.2. The van der Waals surface area contributed by atoms with E-state index in [1.807, 2.05) is 32.0 Å². The van der Waals surface area contributed by atoms with Gasteiger partial charge in [-0.2, -0.15) is 0 Å². The van der Waals surface area contributed by atoms with Crippen LogP contribution in [0.3, 0.4) is 0 Å². The smallest absolute Gasteiger partial charge is 0.209 e. The SMILES string of the molecule is CC(=O)C1=C(O)C[C@@]2(C)C[C@@]3(C)Cc4c(-c5ccc(C)cc5C)ccc(O)c4C(=O)C3=C(O)[C@@]2(O)C1=O. The van der Waals surface area contributed by atoms with E-state index in [0.717, 1.165) is 29.2 Å². The maximum Gasteiger partial charge on any atom is 0.209 e. The Labute approximate surface area is 214 Å². The van der Waals surface area contributed by atoms with E-state index >= 15 is 0 Å². The molecule has 7 heteroatoms. The minimum absolute atomic E-state index is 0.0251. The first kappa shape index (κ1) is 25.0. The zero-order chi connectivity index (χ0) is 27.2. The minimum atomic E-state index is -2.57. The van der Waals surface area contributed by atoms with Crippen molar-refractivity contribution < 1.29 is 34.8 Å². The fourth-order valence-electron chi connectivity index (χ4n) is 7.02. The van der Waals surface area contributed by atoms with E-state index in [1.54, 1.807) is 19.9 Å². The van der Waals surface area contributed by atoms with Crippen LogP contribution in [0.2, 0.25) is 0 Å². The number of phenolic OH excluding ortho intramolecular Hbond substituents is 1. The molecule has 0 radical (unpaired) electrons. The Bertz CT molecular complexity index is 1510. The van der Waals surface area contributed by atoms with Gasteiger partial charge >= 0.3 is 0 Å². The van der Waals surface area contributed by atoms with Crippen LogP contribution in [0.5, 0.6) is 5.75 Å². The first-order valence-corrected chi connectivity index (χ1v) is 12.3. The van der Waals surface area contributed by atoms with Crippen LogP contribution in [0, 0.1) is 24.7 Å². The van der Waals surface area contributed by atoms with Crippen LogP contribution in [-0.4, -0.2) is 43.4 Å². The third kappa shape index (κ3) is 3.13. The summed E-state index contributed by atoms with van der Waals surface area (Å²) in [6.45, 7) is 8.42. The molecule has 3 aliphatic rings. The van der Waals surface area contributed by atoms with Crippen molar-refractivity contribution in [3.05, 3.63) is 75.3 Å². The number of aryl methyl sites for hydroxylation is 2. The second-order valence-corrected chi connectivity index (χ2v) is 11.4. The lowest BCUT2D eigenvalue weighted by molar-refractivity contribution is -0.158. The van der Waals surface area contributed by atoms with Crippen molar-refractivity contribution in [1.82, 2.24) is 0 Å². The summed E-state index contributed by atoms with van der Waals surface area (Å²) in [5.74, 6) is -4.03. The molecule has 0 bridgehead atoms. The highest BCUT2D eigenvalue weighted by molar-refractivity contribution is 6.25. The van der Waals surface area contributed by atoms with Gasteiger partial charge in [0.15, 0.2) is 17.2 Å². The van der Waals surface area contributed by atoms with Crippen molar-refractivity contribution in [3.63, 3.8) is 0 Å². The molecule has 0 saturated heterocycles. The molecule has 0 spiro atoms. The fraction of sp³-hybridized carbons (Fsp3) is 0.367. The maximum atomic E-state index is 14.0. The molecule has 2 aromatic rings. The number of aromatic hydroxyl groups is 1. The molecule has 3 atom stereocenters. The lowest BCUT2D eigenvalue weighted by Gasteiger charge is -2.56. The Morgan fingerprint density at radius 1 is 0.946 bits per heavy atom. The molecule has 0 heterocycles. The van der Waals surface area contributed by atoms with Crippen molar-refractivity contribution >= 4 is 17.3 Å². The lowest BCUT2D eigenvalue weighted by Crippen LogP contribution is -2.63. The number of Topliss-reactive ketones (excluding diaryl/α,β-unsaturated/α-hetero) is 3. The normalized spacial score (nSPS) is 29.1.